The summed E-state index contributed by atoms with van der Waals surface area (Å²) >= 11 is 0. The van der Waals surface area contributed by atoms with Gasteiger partial charge in [0.25, 0.3) is 5.89 Å². The lowest BCUT2D eigenvalue weighted by Gasteiger charge is -2.32. The monoisotopic (exact) mass is 369 g/mol. The summed E-state index contributed by atoms with van der Waals surface area (Å²) in [4.78, 5) is 30.1. The number of amides is 1. The number of aromatic nitrogens is 2. The highest BCUT2D eigenvalue weighted by Crippen LogP contribution is 2.33. The molecule has 0 saturated carbocycles. The second kappa shape index (κ2) is 8.16. The second-order valence-electron chi connectivity index (χ2n) is 6.95. The first-order valence-corrected chi connectivity index (χ1v) is 8.97. The molecular formula is C20H23N3O4. The van der Waals surface area contributed by atoms with E-state index < -0.39 is 12.0 Å². The number of benzene rings is 1. The van der Waals surface area contributed by atoms with Crippen molar-refractivity contribution in [1.29, 1.82) is 0 Å². The third-order valence-corrected chi connectivity index (χ3v) is 4.29. The van der Waals surface area contributed by atoms with E-state index in [0.29, 0.717) is 18.2 Å². The first-order chi connectivity index (χ1) is 12.9. The molecular weight excluding hydrogens is 346 g/mol. The molecule has 7 nitrogen and oxygen atoms in total. The SMILES string of the molecule is CC(=O)N1C=Cc2ccccc2C1CC(=O)OCc1nc(CC(C)C)no1. The quantitative estimate of drug-likeness (QED) is 0.727. The molecule has 1 unspecified atom stereocenters. The smallest absolute Gasteiger partial charge is 0.308 e. The molecule has 0 fully saturated rings. The largest absolute Gasteiger partial charge is 0.455 e. The van der Waals surface area contributed by atoms with E-state index in [1.807, 2.05) is 30.3 Å². The lowest BCUT2D eigenvalue weighted by molar-refractivity contribution is -0.147. The predicted molar refractivity (Wildman–Crippen MR) is 98.0 cm³/mol. The molecule has 0 radical (unpaired) electrons. The van der Waals surface area contributed by atoms with Crippen LogP contribution in [0.5, 0.6) is 0 Å². The van der Waals surface area contributed by atoms with Crippen LogP contribution in [0.3, 0.4) is 0 Å². The van der Waals surface area contributed by atoms with Crippen molar-refractivity contribution in [2.24, 2.45) is 5.92 Å². The standard InChI is InChI=1S/C20H23N3O4/c1-13(2)10-18-21-19(27-22-18)12-26-20(25)11-17-16-7-5-4-6-15(16)8-9-23(17)14(3)24/h4-9,13,17H,10-12H2,1-3H3. The minimum absolute atomic E-state index is 0.0495. The van der Waals surface area contributed by atoms with Crippen molar-refractivity contribution in [3.8, 4) is 0 Å². The number of hydrogen-bond acceptors (Lipinski definition) is 6. The van der Waals surface area contributed by atoms with Gasteiger partial charge in [-0.2, -0.15) is 4.98 Å². The van der Waals surface area contributed by atoms with Gasteiger partial charge in [0.15, 0.2) is 12.4 Å². The van der Waals surface area contributed by atoms with Gasteiger partial charge in [-0.25, -0.2) is 0 Å². The maximum absolute atomic E-state index is 12.4. The van der Waals surface area contributed by atoms with Crippen LogP contribution >= 0.6 is 0 Å². The van der Waals surface area contributed by atoms with E-state index in [9.17, 15) is 9.59 Å². The van der Waals surface area contributed by atoms with Crippen LogP contribution < -0.4 is 0 Å². The van der Waals surface area contributed by atoms with E-state index in [2.05, 4.69) is 24.0 Å². The number of carbonyl (C=O) groups is 2. The Bertz CT molecular complexity index is 856. The van der Waals surface area contributed by atoms with Crippen molar-refractivity contribution in [2.45, 2.75) is 46.3 Å². The van der Waals surface area contributed by atoms with Gasteiger partial charge < -0.3 is 14.2 Å². The minimum Gasteiger partial charge on any atom is -0.455 e. The Morgan fingerprint density at radius 1 is 1.30 bits per heavy atom. The Balaban J connectivity index is 1.64. The predicted octanol–water partition coefficient (Wildman–Crippen LogP) is 3.28. The normalized spacial score (nSPS) is 15.7. The van der Waals surface area contributed by atoms with E-state index in [-0.39, 0.29) is 24.8 Å². The molecule has 0 bridgehead atoms. The molecule has 2 aromatic rings. The number of nitrogens with zero attached hydrogens (tertiary/aromatic N) is 3. The summed E-state index contributed by atoms with van der Waals surface area (Å²) in [7, 11) is 0. The number of fused-ring (bicyclic) bond motifs is 1. The molecule has 1 aromatic carbocycles. The van der Waals surface area contributed by atoms with Gasteiger partial charge in [0.1, 0.15) is 0 Å². The summed E-state index contributed by atoms with van der Waals surface area (Å²) < 4.78 is 10.4. The van der Waals surface area contributed by atoms with Crippen molar-refractivity contribution < 1.29 is 18.8 Å². The number of esters is 1. The van der Waals surface area contributed by atoms with Crippen molar-refractivity contribution in [2.75, 3.05) is 0 Å². The minimum atomic E-state index is -0.431. The van der Waals surface area contributed by atoms with Crippen LogP contribution in [0.25, 0.3) is 6.08 Å². The van der Waals surface area contributed by atoms with Crippen molar-refractivity contribution in [1.82, 2.24) is 15.0 Å². The maximum Gasteiger partial charge on any atom is 0.308 e. The highest BCUT2D eigenvalue weighted by atomic mass is 16.6. The zero-order valence-corrected chi connectivity index (χ0v) is 15.7. The second-order valence-corrected chi connectivity index (χ2v) is 6.95. The van der Waals surface area contributed by atoms with Gasteiger partial charge in [-0.05, 0) is 23.1 Å². The summed E-state index contributed by atoms with van der Waals surface area (Å²) in [5.74, 6) is 0.722. The third kappa shape index (κ3) is 4.61. The maximum atomic E-state index is 12.4. The van der Waals surface area contributed by atoms with E-state index in [1.165, 1.54) is 6.92 Å². The molecule has 1 aliphatic heterocycles. The van der Waals surface area contributed by atoms with Gasteiger partial charge in [-0.1, -0.05) is 43.3 Å². The van der Waals surface area contributed by atoms with Gasteiger partial charge in [-0.3, -0.25) is 9.59 Å². The summed E-state index contributed by atoms with van der Waals surface area (Å²) in [5.41, 5.74) is 1.91. The highest BCUT2D eigenvalue weighted by Gasteiger charge is 2.28. The Labute approximate surface area is 158 Å². The summed E-state index contributed by atoms with van der Waals surface area (Å²) in [6.45, 7) is 5.53. The summed E-state index contributed by atoms with van der Waals surface area (Å²) in [6.07, 6.45) is 4.33. The van der Waals surface area contributed by atoms with Crippen LogP contribution in [0, 0.1) is 5.92 Å². The fourth-order valence-corrected chi connectivity index (χ4v) is 3.07. The lowest BCUT2D eigenvalue weighted by Crippen LogP contribution is -2.32. The lowest BCUT2D eigenvalue weighted by atomic mass is 9.94. The van der Waals surface area contributed by atoms with Crippen LogP contribution in [0.4, 0.5) is 0 Å². The first-order valence-electron chi connectivity index (χ1n) is 8.97. The van der Waals surface area contributed by atoms with Gasteiger partial charge in [0.2, 0.25) is 5.91 Å². The molecule has 3 rings (SSSR count). The molecule has 0 aliphatic carbocycles. The molecule has 7 heteroatoms. The molecule has 1 aliphatic rings. The van der Waals surface area contributed by atoms with Crippen LogP contribution in [0.2, 0.25) is 0 Å². The zero-order valence-electron chi connectivity index (χ0n) is 15.7. The van der Waals surface area contributed by atoms with Crippen LogP contribution in [0.15, 0.2) is 35.0 Å². The average molecular weight is 369 g/mol. The number of carbonyl (C=O) groups excluding carboxylic acids is 2. The summed E-state index contributed by atoms with van der Waals surface area (Å²) in [6, 6.07) is 7.30. The first kappa shape index (κ1) is 18.8. The van der Waals surface area contributed by atoms with Crippen molar-refractivity contribution in [3.05, 3.63) is 53.3 Å². The Kier molecular flexibility index (Phi) is 5.69. The fraction of sp³-hybridized carbons (Fsp3) is 0.400. The molecule has 0 spiro atoms. The van der Waals surface area contributed by atoms with Gasteiger partial charge >= 0.3 is 5.97 Å². The Morgan fingerprint density at radius 2 is 2.07 bits per heavy atom. The fourth-order valence-electron chi connectivity index (χ4n) is 3.07. The zero-order chi connectivity index (χ0) is 19.4. The number of hydrogen-bond donors (Lipinski definition) is 0. The van der Waals surface area contributed by atoms with Crippen LogP contribution in [-0.2, 0) is 27.4 Å². The van der Waals surface area contributed by atoms with Crippen LogP contribution in [0.1, 0.15) is 56.1 Å². The van der Waals surface area contributed by atoms with E-state index >= 15 is 0 Å². The van der Waals surface area contributed by atoms with Gasteiger partial charge in [0.05, 0.1) is 12.5 Å². The third-order valence-electron chi connectivity index (χ3n) is 4.29. The molecule has 0 N–H and O–H groups in total. The average Bonchev–Trinajstić information content (AvgIpc) is 3.06. The van der Waals surface area contributed by atoms with Crippen molar-refractivity contribution >= 4 is 18.0 Å². The molecule has 1 atom stereocenters. The molecule has 1 amide bonds. The topological polar surface area (TPSA) is 85.5 Å². The van der Waals surface area contributed by atoms with Gasteiger partial charge in [-0.15, -0.1) is 0 Å². The molecule has 0 saturated heterocycles. The molecule has 27 heavy (non-hydrogen) atoms. The molecule has 2 heterocycles. The Hall–Kier alpha value is -2.96. The Morgan fingerprint density at radius 3 is 2.81 bits per heavy atom. The molecule has 1 aromatic heterocycles. The number of ether oxygens (including phenoxy) is 1. The highest BCUT2D eigenvalue weighted by molar-refractivity contribution is 5.80. The van der Waals surface area contributed by atoms with E-state index in [0.717, 1.165) is 11.1 Å². The van der Waals surface area contributed by atoms with E-state index in [4.69, 9.17) is 9.26 Å². The van der Waals surface area contributed by atoms with Crippen LogP contribution in [-0.4, -0.2) is 26.9 Å². The molecule has 142 valence electrons. The van der Waals surface area contributed by atoms with Crippen molar-refractivity contribution in [3.63, 3.8) is 0 Å². The summed E-state index contributed by atoms with van der Waals surface area (Å²) in [5, 5.41) is 3.88. The van der Waals surface area contributed by atoms with E-state index in [1.54, 1.807) is 11.1 Å². The number of rotatable bonds is 6. The van der Waals surface area contributed by atoms with Gasteiger partial charge in [0, 0.05) is 19.5 Å².